The Bertz CT molecular complexity index is 400. The van der Waals surface area contributed by atoms with E-state index in [4.69, 9.17) is 0 Å². The number of carbonyl (C=O) groups excluding carboxylic acids is 2. The van der Waals surface area contributed by atoms with Gasteiger partial charge in [0.1, 0.15) is 6.42 Å². The molecular weight excluding hydrogens is 240 g/mol. The molecule has 19 heavy (non-hydrogen) atoms. The first-order valence-corrected chi connectivity index (χ1v) is 6.75. The molecule has 1 rings (SSSR count). The van der Waals surface area contributed by atoms with Crippen LogP contribution in [-0.4, -0.2) is 36.3 Å². The molecule has 2 amide bonds. The van der Waals surface area contributed by atoms with Crippen molar-refractivity contribution in [2.75, 3.05) is 19.6 Å². The predicted molar refractivity (Wildman–Crippen MR) is 75.7 cm³/mol. The Labute approximate surface area is 114 Å². The molecule has 4 nitrogen and oxygen atoms in total. The lowest BCUT2D eigenvalue weighted by Gasteiger charge is -2.18. The van der Waals surface area contributed by atoms with Gasteiger partial charge >= 0.3 is 0 Å². The summed E-state index contributed by atoms with van der Waals surface area (Å²) in [5, 5.41) is 2.78. The normalized spacial score (nSPS) is 10.0. The molecule has 0 unspecified atom stereocenters. The zero-order chi connectivity index (χ0) is 14.1. The Morgan fingerprint density at radius 1 is 1.11 bits per heavy atom. The third-order valence-electron chi connectivity index (χ3n) is 3.01. The molecule has 0 saturated carbocycles. The smallest absolute Gasteiger partial charge is 0.231 e. The largest absolute Gasteiger partial charge is 0.355 e. The molecule has 0 spiro atoms. The molecule has 1 N–H and O–H groups in total. The van der Waals surface area contributed by atoms with Crippen molar-refractivity contribution in [3.63, 3.8) is 0 Å². The molecule has 0 aliphatic carbocycles. The molecule has 4 heteroatoms. The van der Waals surface area contributed by atoms with Crippen LogP contribution < -0.4 is 5.32 Å². The monoisotopic (exact) mass is 262 g/mol. The number of benzene rings is 1. The second-order valence-electron chi connectivity index (χ2n) is 4.33. The van der Waals surface area contributed by atoms with E-state index in [9.17, 15) is 9.59 Å². The summed E-state index contributed by atoms with van der Waals surface area (Å²) in [6.07, 6.45) is 0.725. The number of amides is 2. The van der Waals surface area contributed by atoms with Crippen molar-refractivity contribution in [1.29, 1.82) is 0 Å². The topological polar surface area (TPSA) is 49.4 Å². The molecule has 0 aliphatic heterocycles. The van der Waals surface area contributed by atoms with Gasteiger partial charge in [0.15, 0.2) is 0 Å². The van der Waals surface area contributed by atoms with E-state index in [1.807, 2.05) is 44.2 Å². The molecule has 0 aliphatic rings. The van der Waals surface area contributed by atoms with Gasteiger partial charge in [-0.1, -0.05) is 30.3 Å². The molecule has 0 heterocycles. The maximum Gasteiger partial charge on any atom is 0.231 e. The van der Waals surface area contributed by atoms with Gasteiger partial charge in [-0.2, -0.15) is 0 Å². The zero-order valence-electron chi connectivity index (χ0n) is 11.7. The molecular formula is C15H22N2O2. The molecule has 0 radical (unpaired) electrons. The van der Waals surface area contributed by atoms with Crippen molar-refractivity contribution in [3.8, 4) is 0 Å². The number of nitrogens with zero attached hydrogens (tertiary/aromatic N) is 1. The van der Waals surface area contributed by atoms with Gasteiger partial charge in [-0.25, -0.2) is 0 Å². The number of hydrogen-bond acceptors (Lipinski definition) is 2. The van der Waals surface area contributed by atoms with Gasteiger partial charge in [-0.05, 0) is 25.8 Å². The highest BCUT2D eigenvalue weighted by atomic mass is 16.2. The first-order valence-electron chi connectivity index (χ1n) is 6.75. The Balaban J connectivity index is 2.26. The van der Waals surface area contributed by atoms with Crippen LogP contribution in [0.5, 0.6) is 0 Å². The minimum atomic E-state index is -0.201. The van der Waals surface area contributed by atoms with Crippen molar-refractivity contribution in [2.24, 2.45) is 0 Å². The number of carbonyl (C=O) groups is 2. The van der Waals surface area contributed by atoms with Crippen LogP contribution >= 0.6 is 0 Å². The number of hydrogen-bond donors (Lipinski definition) is 1. The third-order valence-corrected chi connectivity index (χ3v) is 3.01. The molecule has 0 saturated heterocycles. The second-order valence-corrected chi connectivity index (χ2v) is 4.33. The van der Waals surface area contributed by atoms with E-state index in [0.717, 1.165) is 6.42 Å². The maximum atomic E-state index is 11.7. The minimum absolute atomic E-state index is 0.0591. The van der Waals surface area contributed by atoms with E-state index in [2.05, 4.69) is 5.32 Å². The second kappa shape index (κ2) is 8.29. The summed E-state index contributed by atoms with van der Waals surface area (Å²) in [5.41, 5.74) is 1.18. The lowest BCUT2D eigenvalue weighted by Crippen LogP contribution is -2.36. The summed E-state index contributed by atoms with van der Waals surface area (Å²) < 4.78 is 0. The highest BCUT2D eigenvalue weighted by molar-refractivity contribution is 5.96. The standard InChI is InChI=1S/C15H22N2O2/c1-3-17(4-2)15(19)12-14(18)16-11-10-13-8-6-5-7-9-13/h5-9H,3-4,10-12H2,1-2H3,(H,16,18). The van der Waals surface area contributed by atoms with Crippen LogP contribution in [0.1, 0.15) is 25.8 Å². The fourth-order valence-corrected chi connectivity index (χ4v) is 1.88. The van der Waals surface area contributed by atoms with Gasteiger partial charge < -0.3 is 10.2 Å². The van der Waals surface area contributed by atoms with E-state index in [1.165, 1.54) is 5.56 Å². The van der Waals surface area contributed by atoms with Crippen LogP contribution in [-0.2, 0) is 16.0 Å². The Morgan fingerprint density at radius 3 is 2.32 bits per heavy atom. The summed E-state index contributed by atoms with van der Waals surface area (Å²) in [4.78, 5) is 25.0. The van der Waals surface area contributed by atoms with E-state index < -0.39 is 0 Å². The fraction of sp³-hybridized carbons (Fsp3) is 0.467. The fourth-order valence-electron chi connectivity index (χ4n) is 1.88. The molecule has 0 bridgehead atoms. The van der Waals surface area contributed by atoms with Crippen LogP contribution in [0.15, 0.2) is 30.3 Å². The van der Waals surface area contributed by atoms with Gasteiger partial charge in [0, 0.05) is 19.6 Å². The van der Waals surface area contributed by atoms with E-state index in [0.29, 0.717) is 19.6 Å². The van der Waals surface area contributed by atoms with Crippen LogP contribution in [0.4, 0.5) is 0 Å². The SMILES string of the molecule is CCN(CC)C(=O)CC(=O)NCCc1ccccc1. The summed E-state index contributed by atoms with van der Waals surface area (Å²) >= 11 is 0. The summed E-state index contributed by atoms with van der Waals surface area (Å²) in [6, 6.07) is 9.95. The Kier molecular flexibility index (Phi) is 6.64. The van der Waals surface area contributed by atoms with Crippen LogP contribution in [0.3, 0.4) is 0 Å². The quantitative estimate of drug-likeness (QED) is 0.759. The lowest BCUT2D eigenvalue weighted by atomic mass is 10.1. The van der Waals surface area contributed by atoms with E-state index in [1.54, 1.807) is 4.90 Å². The number of rotatable bonds is 7. The van der Waals surface area contributed by atoms with Gasteiger partial charge in [0.2, 0.25) is 11.8 Å². The average Bonchev–Trinajstić information content (AvgIpc) is 2.41. The molecule has 104 valence electrons. The Hall–Kier alpha value is -1.84. The van der Waals surface area contributed by atoms with Gasteiger partial charge in [-0.15, -0.1) is 0 Å². The van der Waals surface area contributed by atoms with Crippen molar-refractivity contribution in [1.82, 2.24) is 10.2 Å². The van der Waals surface area contributed by atoms with E-state index in [-0.39, 0.29) is 18.2 Å². The zero-order valence-corrected chi connectivity index (χ0v) is 11.7. The van der Waals surface area contributed by atoms with Crippen molar-refractivity contribution < 1.29 is 9.59 Å². The first-order chi connectivity index (χ1) is 9.17. The highest BCUT2D eigenvalue weighted by Gasteiger charge is 2.13. The van der Waals surface area contributed by atoms with Crippen molar-refractivity contribution in [2.45, 2.75) is 26.7 Å². The lowest BCUT2D eigenvalue weighted by molar-refractivity contribution is -0.135. The molecule has 1 aromatic rings. The van der Waals surface area contributed by atoms with E-state index >= 15 is 0 Å². The van der Waals surface area contributed by atoms with Crippen molar-refractivity contribution >= 4 is 11.8 Å². The summed E-state index contributed by atoms with van der Waals surface area (Å²) in [6.45, 7) is 5.68. The average molecular weight is 262 g/mol. The van der Waals surface area contributed by atoms with Crippen LogP contribution in [0.2, 0.25) is 0 Å². The predicted octanol–water partition coefficient (Wildman–Crippen LogP) is 1.60. The molecule has 1 aromatic carbocycles. The molecule has 0 fully saturated rings. The van der Waals surface area contributed by atoms with Crippen LogP contribution in [0, 0.1) is 0 Å². The third kappa shape index (κ3) is 5.55. The highest BCUT2D eigenvalue weighted by Crippen LogP contribution is 1.98. The van der Waals surface area contributed by atoms with Crippen LogP contribution in [0.25, 0.3) is 0 Å². The summed E-state index contributed by atoms with van der Waals surface area (Å²) in [5.74, 6) is -0.310. The van der Waals surface area contributed by atoms with Gasteiger partial charge in [0.25, 0.3) is 0 Å². The maximum absolute atomic E-state index is 11.7. The minimum Gasteiger partial charge on any atom is -0.355 e. The van der Waals surface area contributed by atoms with Crippen molar-refractivity contribution in [3.05, 3.63) is 35.9 Å². The first kappa shape index (κ1) is 15.2. The molecule has 0 atom stereocenters. The summed E-state index contributed by atoms with van der Waals surface area (Å²) in [7, 11) is 0. The van der Waals surface area contributed by atoms with Gasteiger partial charge in [-0.3, -0.25) is 9.59 Å². The Morgan fingerprint density at radius 2 is 1.74 bits per heavy atom. The molecule has 0 aromatic heterocycles. The van der Waals surface area contributed by atoms with Gasteiger partial charge in [0.05, 0.1) is 0 Å². The number of nitrogens with one attached hydrogen (secondary N) is 1.